The number of aryl methyl sites for hydroxylation is 1. The highest BCUT2D eigenvalue weighted by atomic mass is 16.5. The molecule has 0 fully saturated rings. The Labute approximate surface area is 77.5 Å². The van der Waals surface area contributed by atoms with Gasteiger partial charge in [0.2, 0.25) is 0 Å². The molecule has 1 aliphatic rings. The maximum atomic E-state index is 11.4. The van der Waals surface area contributed by atoms with Crippen LogP contribution in [-0.2, 0) is 11.2 Å². The molecule has 0 spiro atoms. The molecule has 2 nitrogen and oxygen atoms in total. The molecule has 68 valence electrons. The summed E-state index contributed by atoms with van der Waals surface area (Å²) >= 11 is 0. The maximum Gasteiger partial charge on any atom is 0.338 e. The smallest absolute Gasteiger partial charge is 0.338 e. The number of carbonyl (C=O) groups is 1. The normalized spacial score (nSPS) is 20.8. The zero-order chi connectivity index (χ0) is 9.42. The van der Waals surface area contributed by atoms with E-state index in [2.05, 4.69) is 0 Å². The second-order valence-electron chi connectivity index (χ2n) is 3.58. The molecule has 0 bridgehead atoms. The fourth-order valence-electron chi connectivity index (χ4n) is 1.66. The van der Waals surface area contributed by atoms with Crippen molar-refractivity contribution in [2.24, 2.45) is 0 Å². The van der Waals surface area contributed by atoms with Crippen molar-refractivity contribution in [3.8, 4) is 0 Å². The lowest BCUT2D eigenvalue weighted by Gasteiger charge is -2.21. The molecule has 2 rings (SSSR count). The van der Waals surface area contributed by atoms with Gasteiger partial charge in [0.1, 0.15) is 6.10 Å². The van der Waals surface area contributed by atoms with Crippen LogP contribution < -0.4 is 0 Å². The SMILES string of the molecule is Cc1ccc2c(c1)C(=O)OC(C)C2. The van der Waals surface area contributed by atoms with Crippen molar-refractivity contribution >= 4 is 5.97 Å². The Bertz CT molecular complexity index is 355. The largest absolute Gasteiger partial charge is 0.459 e. The van der Waals surface area contributed by atoms with Crippen LogP contribution >= 0.6 is 0 Å². The highest BCUT2D eigenvalue weighted by Crippen LogP contribution is 2.21. The summed E-state index contributed by atoms with van der Waals surface area (Å²) in [6, 6.07) is 5.94. The Morgan fingerprint density at radius 1 is 1.46 bits per heavy atom. The van der Waals surface area contributed by atoms with Crippen LogP contribution in [0, 0.1) is 6.92 Å². The lowest BCUT2D eigenvalue weighted by Crippen LogP contribution is -2.25. The van der Waals surface area contributed by atoms with E-state index in [9.17, 15) is 4.79 Å². The monoisotopic (exact) mass is 176 g/mol. The van der Waals surface area contributed by atoms with E-state index in [-0.39, 0.29) is 12.1 Å². The zero-order valence-corrected chi connectivity index (χ0v) is 7.83. The highest BCUT2D eigenvalue weighted by Gasteiger charge is 2.22. The van der Waals surface area contributed by atoms with Crippen molar-refractivity contribution in [2.45, 2.75) is 26.4 Å². The molecule has 0 aliphatic carbocycles. The van der Waals surface area contributed by atoms with Gasteiger partial charge in [-0.05, 0) is 25.5 Å². The van der Waals surface area contributed by atoms with Gasteiger partial charge < -0.3 is 4.74 Å². The van der Waals surface area contributed by atoms with Gasteiger partial charge in [-0.1, -0.05) is 17.7 Å². The first-order valence-corrected chi connectivity index (χ1v) is 4.47. The second kappa shape index (κ2) is 2.87. The van der Waals surface area contributed by atoms with Gasteiger partial charge >= 0.3 is 5.97 Å². The van der Waals surface area contributed by atoms with Gasteiger partial charge in [-0.25, -0.2) is 4.79 Å². The van der Waals surface area contributed by atoms with Gasteiger partial charge in [-0.3, -0.25) is 0 Å². The van der Waals surface area contributed by atoms with Gasteiger partial charge in [-0.15, -0.1) is 0 Å². The highest BCUT2D eigenvalue weighted by molar-refractivity contribution is 5.92. The Morgan fingerprint density at radius 2 is 2.23 bits per heavy atom. The first kappa shape index (κ1) is 8.30. The summed E-state index contributed by atoms with van der Waals surface area (Å²) < 4.78 is 5.13. The number of fused-ring (bicyclic) bond motifs is 1. The number of hydrogen-bond acceptors (Lipinski definition) is 2. The summed E-state index contributed by atoms with van der Waals surface area (Å²) in [5.41, 5.74) is 2.94. The fraction of sp³-hybridized carbons (Fsp3) is 0.364. The first-order chi connectivity index (χ1) is 6.16. The predicted octanol–water partition coefficient (Wildman–Crippen LogP) is 2.10. The molecule has 0 saturated carbocycles. The van der Waals surface area contributed by atoms with Crippen LogP contribution in [0.15, 0.2) is 18.2 Å². The van der Waals surface area contributed by atoms with Crippen molar-refractivity contribution in [1.82, 2.24) is 0 Å². The lowest BCUT2D eigenvalue weighted by atomic mass is 9.97. The number of ether oxygens (including phenoxy) is 1. The maximum absolute atomic E-state index is 11.4. The van der Waals surface area contributed by atoms with Crippen molar-refractivity contribution in [2.75, 3.05) is 0 Å². The summed E-state index contributed by atoms with van der Waals surface area (Å²) in [6.45, 7) is 3.90. The third-order valence-corrected chi connectivity index (χ3v) is 2.30. The number of carbonyl (C=O) groups excluding carboxylic acids is 1. The minimum Gasteiger partial charge on any atom is -0.459 e. The van der Waals surface area contributed by atoms with Crippen LogP contribution in [0.25, 0.3) is 0 Å². The third-order valence-electron chi connectivity index (χ3n) is 2.30. The van der Waals surface area contributed by atoms with Crippen LogP contribution in [0.3, 0.4) is 0 Å². The van der Waals surface area contributed by atoms with Gasteiger partial charge in [0.15, 0.2) is 0 Å². The molecular weight excluding hydrogens is 164 g/mol. The standard InChI is InChI=1S/C11H12O2/c1-7-3-4-9-6-8(2)13-11(12)10(9)5-7/h3-5,8H,6H2,1-2H3. The molecule has 0 radical (unpaired) electrons. The van der Waals surface area contributed by atoms with Crippen LogP contribution in [0.1, 0.15) is 28.4 Å². The average Bonchev–Trinajstić information content (AvgIpc) is 2.06. The molecule has 0 saturated heterocycles. The fourth-order valence-corrected chi connectivity index (χ4v) is 1.66. The Balaban J connectivity index is 2.49. The van der Waals surface area contributed by atoms with E-state index >= 15 is 0 Å². The molecule has 1 atom stereocenters. The molecule has 1 aliphatic heterocycles. The minimum atomic E-state index is -0.183. The van der Waals surface area contributed by atoms with Crippen molar-refractivity contribution in [3.05, 3.63) is 34.9 Å². The van der Waals surface area contributed by atoms with Crippen LogP contribution in [0.4, 0.5) is 0 Å². The Hall–Kier alpha value is -1.31. The molecule has 1 aromatic rings. The van der Waals surface area contributed by atoms with E-state index in [1.54, 1.807) is 0 Å². The van der Waals surface area contributed by atoms with Gasteiger partial charge in [-0.2, -0.15) is 0 Å². The van der Waals surface area contributed by atoms with E-state index in [1.165, 1.54) is 0 Å². The minimum absolute atomic E-state index is 0.0164. The Kier molecular flexibility index (Phi) is 1.83. The summed E-state index contributed by atoms with van der Waals surface area (Å²) in [5, 5.41) is 0. The molecular formula is C11H12O2. The molecule has 0 amide bonds. The predicted molar refractivity (Wildman–Crippen MR) is 49.8 cm³/mol. The molecule has 0 aromatic heterocycles. The van der Waals surface area contributed by atoms with Gasteiger partial charge in [0.05, 0.1) is 5.56 Å². The van der Waals surface area contributed by atoms with Crippen molar-refractivity contribution in [1.29, 1.82) is 0 Å². The summed E-state index contributed by atoms with van der Waals surface area (Å²) in [7, 11) is 0. The average molecular weight is 176 g/mol. The number of hydrogen-bond donors (Lipinski definition) is 0. The number of benzene rings is 1. The van der Waals surface area contributed by atoms with Crippen molar-refractivity contribution < 1.29 is 9.53 Å². The summed E-state index contributed by atoms with van der Waals surface area (Å²) in [6.07, 6.45) is 0.851. The zero-order valence-electron chi connectivity index (χ0n) is 7.83. The first-order valence-electron chi connectivity index (χ1n) is 4.47. The Morgan fingerprint density at radius 3 is 3.00 bits per heavy atom. The van der Waals surface area contributed by atoms with Crippen LogP contribution in [0.5, 0.6) is 0 Å². The number of esters is 1. The topological polar surface area (TPSA) is 26.3 Å². The van der Waals surface area contributed by atoms with E-state index in [1.807, 2.05) is 32.0 Å². The van der Waals surface area contributed by atoms with E-state index in [0.29, 0.717) is 0 Å². The third kappa shape index (κ3) is 1.44. The van der Waals surface area contributed by atoms with E-state index < -0.39 is 0 Å². The van der Waals surface area contributed by atoms with E-state index in [4.69, 9.17) is 4.74 Å². The molecule has 1 aromatic carbocycles. The van der Waals surface area contributed by atoms with Crippen LogP contribution in [-0.4, -0.2) is 12.1 Å². The quantitative estimate of drug-likeness (QED) is 0.566. The van der Waals surface area contributed by atoms with Crippen molar-refractivity contribution in [3.63, 3.8) is 0 Å². The van der Waals surface area contributed by atoms with Gasteiger partial charge in [0.25, 0.3) is 0 Å². The molecule has 1 unspecified atom stereocenters. The lowest BCUT2D eigenvalue weighted by molar-refractivity contribution is 0.0301. The summed E-state index contributed by atoms with van der Waals surface area (Å²) in [4.78, 5) is 11.4. The van der Waals surface area contributed by atoms with Gasteiger partial charge in [0, 0.05) is 6.42 Å². The van der Waals surface area contributed by atoms with E-state index in [0.717, 1.165) is 23.1 Å². The summed E-state index contributed by atoms with van der Waals surface area (Å²) in [5.74, 6) is -0.183. The molecule has 0 N–H and O–H groups in total. The molecule has 13 heavy (non-hydrogen) atoms. The molecule has 1 heterocycles. The number of cyclic esters (lactones) is 1. The number of rotatable bonds is 0. The second-order valence-corrected chi connectivity index (χ2v) is 3.58. The van der Waals surface area contributed by atoms with Crippen LogP contribution in [0.2, 0.25) is 0 Å². The molecule has 2 heteroatoms.